The van der Waals surface area contributed by atoms with Crippen molar-refractivity contribution in [1.29, 1.82) is 0 Å². The molecule has 1 amide bonds. The van der Waals surface area contributed by atoms with Gasteiger partial charge in [-0.1, -0.05) is 30.3 Å². The minimum atomic E-state index is -4.17. The van der Waals surface area contributed by atoms with Crippen LogP contribution in [-0.4, -0.2) is 56.8 Å². The summed E-state index contributed by atoms with van der Waals surface area (Å²) in [6.45, 7) is 11.3. The Bertz CT molecular complexity index is 2280. The highest BCUT2D eigenvalue weighted by Crippen LogP contribution is 2.53. The van der Waals surface area contributed by atoms with Crippen molar-refractivity contribution in [1.82, 2.24) is 23.6 Å². The van der Waals surface area contributed by atoms with E-state index in [4.69, 9.17) is 19.2 Å². The molecule has 0 bridgehead atoms. The van der Waals surface area contributed by atoms with Crippen molar-refractivity contribution in [3.05, 3.63) is 89.4 Å². The second kappa shape index (κ2) is 11.2. The minimum absolute atomic E-state index is 0.150. The lowest BCUT2D eigenvalue weighted by molar-refractivity contribution is -0.0791. The molecule has 0 atom stereocenters. The number of amides is 1. The molecule has 0 radical (unpaired) electrons. The van der Waals surface area contributed by atoms with Gasteiger partial charge in [-0.05, 0) is 82.3 Å². The molecule has 0 aliphatic carbocycles. The van der Waals surface area contributed by atoms with E-state index in [1.807, 2.05) is 34.0 Å². The lowest BCUT2D eigenvalue weighted by Gasteiger charge is -2.39. The Labute approximate surface area is 291 Å². The van der Waals surface area contributed by atoms with Crippen molar-refractivity contribution < 1.29 is 27.4 Å². The smallest absolute Gasteiger partial charge is 0.410 e. The number of carbonyl (C=O) groups is 1. The number of carbonyl (C=O) groups excluding carboxylic acids is 1. The summed E-state index contributed by atoms with van der Waals surface area (Å²) in [6, 6.07) is 14.7. The van der Waals surface area contributed by atoms with Crippen molar-refractivity contribution in [2.24, 2.45) is 7.05 Å². The molecule has 3 aromatic heterocycles. The first-order valence-corrected chi connectivity index (χ1v) is 18.4. The second-order valence-corrected chi connectivity index (χ2v) is 16.8. The van der Waals surface area contributed by atoms with Gasteiger partial charge in [0.1, 0.15) is 5.60 Å². The number of rotatable bonds is 4. The molecule has 2 aromatic carbocycles. The van der Waals surface area contributed by atoms with Crippen molar-refractivity contribution >= 4 is 27.1 Å². The van der Waals surface area contributed by atoms with Crippen molar-refractivity contribution in [3.63, 3.8) is 0 Å². The minimum Gasteiger partial charge on any atom is -0.444 e. The number of piperidine rings is 1. The third kappa shape index (κ3) is 5.15. The summed E-state index contributed by atoms with van der Waals surface area (Å²) in [6.07, 6.45) is 5.96. The summed E-state index contributed by atoms with van der Waals surface area (Å²) in [5.74, 6) is 0. The van der Waals surface area contributed by atoms with Crippen LogP contribution in [0.2, 0.25) is 0 Å². The van der Waals surface area contributed by atoms with Gasteiger partial charge in [-0.15, -0.1) is 0 Å². The Morgan fingerprint density at radius 3 is 2.34 bits per heavy atom. The molecule has 1 saturated heterocycles. The third-order valence-electron chi connectivity index (χ3n) is 10.1. The van der Waals surface area contributed by atoms with Crippen LogP contribution in [0.15, 0.2) is 72.0 Å². The molecule has 1 spiro atoms. The number of nitrogens with zero attached hydrogens (tertiary/aromatic N) is 5. The summed E-state index contributed by atoms with van der Waals surface area (Å²) in [5, 5.41) is 5.20. The van der Waals surface area contributed by atoms with E-state index in [1.54, 1.807) is 52.3 Å². The molecule has 260 valence electrons. The van der Waals surface area contributed by atoms with E-state index in [-0.39, 0.29) is 11.0 Å². The van der Waals surface area contributed by atoms with Crippen LogP contribution in [0.4, 0.5) is 4.79 Å². The van der Waals surface area contributed by atoms with Crippen LogP contribution >= 0.6 is 0 Å². The number of aryl methyl sites for hydroxylation is 1. The predicted octanol–water partition coefficient (Wildman–Crippen LogP) is 6.86. The SMILES string of the molecule is Cn1cc(-c2c(-c3ccc4c(c3)COC4(C)C)c3c4c(cnc3n2S(=O)(=O)c2ccccc2)COC42CCN(C(=O)OC(C)(C)C)CC2)cn1. The molecule has 11 nitrogen and oxygen atoms in total. The third-order valence-corrected chi connectivity index (χ3v) is 11.8. The number of pyridine rings is 1. The first-order chi connectivity index (χ1) is 23.7. The van der Waals surface area contributed by atoms with Crippen molar-refractivity contribution in [3.8, 4) is 22.4 Å². The Morgan fingerprint density at radius 2 is 1.66 bits per heavy atom. The van der Waals surface area contributed by atoms with Crippen LogP contribution in [0.3, 0.4) is 0 Å². The van der Waals surface area contributed by atoms with E-state index in [1.165, 1.54) is 3.97 Å². The predicted molar refractivity (Wildman–Crippen MR) is 188 cm³/mol. The lowest BCUT2D eigenvalue weighted by atomic mass is 9.81. The topological polar surface area (TPSA) is 118 Å². The first kappa shape index (κ1) is 32.7. The normalized spacial score (nSPS) is 18.1. The van der Waals surface area contributed by atoms with Gasteiger partial charge in [-0.2, -0.15) is 5.10 Å². The van der Waals surface area contributed by atoms with Crippen LogP contribution in [-0.2, 0) is 55.7 Å². The largest absolute Gasteiger partial charge is 0.444 e. The highest BCUT2D eigenvalue weighted by molar-refractivity contribution is 7.90. The molecular formula is C38H41N5O6S. The molecular weight excluding hydrogens is 655 g/mol. The number of benzene rings is 2. The molecule has 8 rings (SSSR count). The molecule has 5 aromatic rings. The summed E-state index contributed by atoms with van der Waals surface area (Å²) in [4.78, 5) is 19.9. The fraction of sp³-hybridized carbons (Fsp3) is 0.395. The second-order valence-electron chi connectivity index (χ2n) is 15.0. The van der Waals surface area contributed by atoms with Crippen LogP contribution in [0.1, 0.15) is 69.7 Å². The van der Waals surface area contributed by atoms with E-state index in [0.29, 0.717) is 56.0 Å². The maximum absolute atomic E-state index is 14.9. The quantitative estimate of drug-likeness (QED) is 0.200. The maximum atomic E-state index is 14.9. The number of aromatic nitrogens is 4. The van der Waals surface area contributed by atoms with Gasteiger partial charge in [0.05, 0.1) is 41.2 Å². The van der Waals surface area contributed by atoms with Crippen molar-refractivity contribution in [2.45, 2.75) is 82.4 Å². The number of likely N-dealkylation sites (tertiary alicyclic amines) is 1. The Kier molecular flexibility index (Phi) is 7.35. The summed E-state index contributed by atoms with van der Waals surface area (Å²) >= 11 is 0. The van der Waals surface area contributed by atoms with Crippen LogP contribution in [0.5, 0.6) is 0 Å². The van der Waals surface area contributed by atoms with Gasteiger partial charge < -0.3 is 19.1 Å². The number of fused-ring (bicyclic) bond motifs is 5. The van der Waals surface area contributed by atoms with E-state index in [9.17, 15) is 13.2 Å². The summed E-state index contributed by atoms with van der Waals surface area (Å²) < 4.78 is 51.3. The zero-order valence-corrected chi connectivity index (χ0v) is 30.0. The fourth-order valence-electron chi connectivity index (χ4n) is 7.76. The molecule has 0 N–H and O–H groups in total. The van der Waals surface area contributed by atoms with Gasteiger partial charge >= 0.3 is 6.09 Å². The zero-order chi connectivity index (χ0) is 35.2. The Hall–Kier alpha value is -4.52. The average Bonchev–Trinajstić information content (AvgIpc) is 3.83. The molecule has 50 heavy (non-hydrogen) atoms. The average molecular weight is 696 g/mol. The van der Waals surface area contributed by atoms with E-state index in [2.05, 4.69) is 37.1 Å². The van der Waals surface area contributed by atoms with Gasteiger partial charge in [0.15, 0.2) is 5.65 Å². The number of ether oxygens (including phenoxy) is 3. The van der Waals surface area contributed by atoms with Gasteiger partial charge in [0.2, 0.25) is 0 Å². The molecule has 0 saturated carbocycles. The van der Waals surface area contributed by atoms with Crippen LogP contribution in [0.25, 0.3) is 33.4 Å². The maximum Gasteiger partial charge on any atom is 0.410 e. The summed E-state index contributed by atoms with van der Waals surface area (Å²) in [5.41, 5.74) is 5.18. The molecule has 3 aliphatic rings. The fourth-order valence-corrected chi connectivity index (χ4v) is 9.27. The van der Waals surface area contributed by atoms with Gasteiger partial charge in [0, 0.05) is 60.2 Å². The van der Waals surface area contributed by atoms with E-state index in [0.717, 1.165) is 38.8 Å². The van der Waals surface area contributed by atoms with Crippen LogP contribution < -0.4 is 0 Å². The Morgan fingerprint density at radius 1 is 0.940 bits per heavy atom. The zero-order valence-electron chi connectivity index (χ0n) is 29.2. The molecule has 1 fully saturated rings. The van der Waals surface area contributed by atoms with Gasteiger partial charge in [0.25, 0.3) is 10.0 Å². The standard InChI is InChI=1S/C38H41N5O6S/c1-36(2,3)49-35(44)42-16-14-38(15-17-42)32-27(23-48-38)19-39-34-31(32)30(24-12-13-29-25(18-24)22-47-37(29,4)5)33(26-20-40-41(6)21-26)43(34)50(45,46)28-10-8-7-9-11-28/h7-13,18-21H,14-17,22-23H2,1-6H3. The molecule has 6 heterocycles. The number of hydrogen-bond donors (Lipinski definition) is 0. The Balaban J connectivity index is 1.41. The van der Waals surface area contributed by atoms with E-state index < -0.39 is 26.8 Å². The highest BCUT2D eigenvalue weighted by atomic mass is 32.2. The van der Waals surface area contributed by atoms with Crippen LogP contribution in [0, 0.1) is 0 Å². The van der Waals surface area contributed by atoms with E-state index >= 15 is 0 Å². The first-order valence-electron chi connectivity index (χ1n) is 16.9. The highest BCUT2D eigenvalue weighted by Gasteiger charge is 2.47. The number of hydrogen-bond acceptors (Lipinski definition) is 8. The molecule has 3 aliphatic heterocycles. The lowest BCUT2D eigenvalue weighted by Crippen LogP contribution is -2.46. The monoisotopic (exact) mass is 695 g/mol. The summed E-state index contributed by atoms with van der Waals surface area (Å²) in [7, 11) is -2.35. The van der Waals surface area contributed by atoms with Gasteiger partial charge in [-0.25, -0.2) is 22.2 Å². The molecule has 0 unspecified atom stereocenters. The van der Waals surface area contributed by atoms with Gasteiger partial charge in [-0.3, -0.25) is 4.68 Å². The van der Waals surface area contributed by atoms with Crippen molar-refractivity contribution in [2.75, 3.05) is 13.1 Å². The molecule has 12 heteroatoms.